The van der Waals surface area contributed by atoms with E-state index in [2.05, 4.69) is 27.8 Å². The van der Waals surface area contributed by atoms with E-state index in [4.69, 9.17) is 0 Å². The number of halogens is 1. The maximum atomic E-state index is 9.87. The Kier molecular flexibility index (Phi) is 4.46. The first-order chi connectivity index (χ1) is 8.16. The summed E-state index contributed by atoms with van der Waals surface area (Å²) in [6.45, 7) is 4.29. The summed E-state index contributed by atoms with van der Waals surface area (Å²) < 4.78 is 1.03. The van der Waals surface area contributed by atoms with Crippen LogP contribution in [0.2, 0.25) is 0 Å². The lowest BCUT2D eigenvalue weighted by Gasteiger charge is -2.27. The Bertz CT molecular complexity index is 380. The van der Waals surface area contributed by atoms with E-state index in [1.165, 1.54) is 25.7 Å². The van der Waals surface area contributed by atoms with Crippen LogP contribution in [0.4, 0.5) is 0 Å². The van der Waals surface area contributed by atoms with E-state index < -0.39 is 0 Å². The van der Waals surface area contributed by atoms with Crippen LogP contribution in [0.1, 0.15) is 38.2 Å². The van der Waals surface area contributed by atoms with Gasteiger partial charge in [0.25, 0.3) is 0 Å². The number of rotatable bonds is 2. The topological polar surface area (TPSA) is 23.5 Å². The number of aromatic hydroxyl groups is 1. The molecule has 1 heterocycles. The molecule has 1 saturated heterocycles. The van der Waals surface area contributed by atoms with Gasteiger partial charge in [0.1, 0.15) is 5.75 Å². The fourth-order valence-corrected chi connectivity index (χ4v) is 2.88. The van der Waals surface area contributed by atoms with Crippen molar-refractivity contribution in [1.29, 1.82) is 0 Å². The van der Waals surface area contributed by atoms with Crippen LogP contribution >= 0.6 is 15.9 Å². The maximum Gasteiger partial charge on any atom is 0.120 e. The number of hydrogen-bond donors (Lipinski definition) is 1. The molecule has 1 unspecified atom stereocenters. The molecule has 1 aliphatic rings. The first kappa shape index (κ1) is 12.9. The average Bonchev–Trinajstić information content (AvgIpc) is 2.50. The van der Waals surface area contributed by atoms with Crippen LogP contribution in [0.15, 0.2) is 22.7 Å². The van der Waals surface area contributed by atoms with E-state index >= 15 is 0 Å². The second-order valence-electron chi connectivity index (χ2n) is 4.94. The molecule has 0 radical (unpaired) electrons. The molecule has 1 fully saturated rings. The molecule has 0 aliphatic carbocycles. The molecular formula is C14H20BrNO. The summed E-state index contributed by atoms with van der Waals surface area (Å²) in [7, 11) is 0. The number of phenolic OH excluding ortho intramolecular Hbond substituents is 1. The zero-order valence-corrected chi connectivity index (χ0v) is 11.9. The van der Waals surface area contributed by atoms with E-state index in [0.717, 1.165) is 23.1 Å². The summed E-state index contributed by atoms with van der Waals surface area (Å²) in [4.78, 5) is 2.48. The van der Waals surface area contributed by atoms with Gasteiger partial charge in [-0.2, -0.15) is 0 Å². The van der Waals surface area contributed by atoms with Gasteiger partial charge >= 0.3 is 0 Å². The number of likely N-dealkylation sites (tertiary alicyclic amines) is 1. The molecule has 1 atom stereocenters. The summed E-state index contributed by atoms with van der Waals surface area (Å²) in [6, 6.07) is 6.29. The second kappa shape index (κ2) is 5.87. The minimum absolute atomic E-state index is 0.407. The van der Waals surface area contributed by atoms with Crippen LogP contribution in [0.3, 0.4) is 0 Å². The molecule has 1 aromatic carbocycles. The molecule has 2 nitrogen and oxygen atoms in total. The van der Waals surface area contributed by atoms with Crippen molar-refractivity contribution in [1.82, 2.24) is 4.90 Å². The SMILES string of the molecule is CC1CCCCCN1Cc1cc(Br)ccc1O. The Balaban J connectivity index is 2.10. The minimum Gasteiger partial charge on any atom is -0.508 e. The smallest absolute Gasteiger partial charge is 0.120 e. The standard InChI is InChI=1S/C14H20BrNO/c1-11-5-3-2-4-8-16(11)10-12-9-13(15)6-7-14(12)17/h6-7,9,11,17H,2-5,8,10H2,1H3. The summed E-state index contributed by atoms with van der Waals surface area (Å²) in [5.41, 5.74) is 1.02. The predicted octanol–water partition coefficient (Wildman–Crippen LogP) is 3.92. The molecule has 1 aromatic rings. The van der Waals surface area contributed by atoms with Gasteiger partial charge in [-0.1, -0.05) is 28.8 Å². The van der Waals surface area contributed by atoms with Crippen molar-refractivity contribution in [2.75, 3.05) is 6.54 Å². The molecule has 0 aromatic heterocycles. The normalized spacial score (nSPS) is 22.4. The fraction of sp³-hybridized carbons (Fsp3) is 0.571. The fourth-order valence-electron chi connectivity index (χ4n) is 2.47. The Hall–Kier alpha value is -0.540. The van der Waals surface area contributed by atoms with Crippen molar-refractivity contribution in [2.24, 2.45) is 0 Å². The van der Waals surface area contributed by atoms with E-state index in [9.17, 15) is 5.11 Å². The highest BCUT2D eigenvalue weighted by Crippen LogP contribution is 2.26. The molecular weight excluding hydrogens is 278 g/mol. The van der Waals surface area contributed by atoms with Gasteiger partial charge in [0.2, 0.25) is 0 Å². The average molecular weight is 298 g/mol. The summed E-state index contributed by atoms with van der Waals surface area (Å²) in [6.07, 6.45) is 5.22. The van der Waals surface area contributed by atoms with Gasteiger partial charge in [-0.25, -0.2) is 0 Å². The molecule has 1 aliphatic heterocycles. The Morgan fingerprint density at radius 2 is 2.18 bits per heavy atom. The molecule has 1 N–H and O–H groups in total. The lowest BCUT2D eigenvalue weighted by Crippen LogP contribution is -2.31. The highest BCUT2D eigenvalue weighted by molar-refractivity contribution is 9.10. The molecule has 0 amide bonds. The Labute approximate surface area is 112 Å². The third-order valence-electron chi connectivity index (χ3n) is 3.61. The second-order valence-corrected chi connectivity index (χ2v) is 5.86. The summed E-state index contributed by atoms with van der Waals surface area (Å²) >= 11 is 3.46. The predicted molar refractivity (Wildman–Crippen MR) is 74.1 cm³/mol. The highest BCUT2D eigenvalue weighted by atomic mass is 79.9. The highest BCUT2D eigenvalue weighted by Gasteiger charge is 2.18. The van der Waals surface area contributed by atoms with E-state index in [1.54, 1.807) is 6.07 Å². The van der Waals surface area contributed by atoms with Crippen molar-refractivity contribution >= 4 is 15.9 Å². The molecule has 94 valence electrons. The molecule has 3 heteroatoms. The van der Waals surface area contributed by atoms with Gasteiger partial charge < -0.3 is 5.11 Å². The summed E-state index contributed by atoms with van der Waals surface area (Å²) in [5, 5.41) is 9.87. The van der Waals surface area contributed by atoms with Crippen molar-refractivity contribution < 1.29 is 5.11 Å². The van der Waals surface area contributed by atoms with E-state index in [1.807, 2.05) is 12.1 Å². The van der Waals surface area contributed by atoms with Crippen LogP contribution in [0.5, 0.6) is 5.75 Å². The van der Waals surface area contributed by atoms with Crippen LogP contribution in [-0.4, -0.2) is 22.6 Å². The molecule has 0 bridgehead atoms. The molecule has 17 heavy (non-hydrogen) atoms. The van der Waals surface area contributed by atoms with E-state index in [0.29, 0.717) is 11.8 Å². The Morgan fingerprint density at radius 1 is 1.35 bits per heavy atom. The van der Waals surface area contributed by atoms with Crippen molar-refractivity contribution in [2.45, 2.75) is 45.2 Å². The number of hydrogen-bond acceptors (Lipinski definition) is 2. The summed E-state index contributed by atoms with van der Waals surface area (Å²) in [5.74, 6) is 0.407. The first-order valence-corrected chi connectivity index (χ1v) is 7.17. The van der Waals surface area contributed by atoms with Gasteiger partial charge in [0.05, 0.1) is 0 Å². The van der Waals surface area contributed by atoms with Crippen molar-refractivity contribution in [3.8, 4) is 5.75 Å². The van der Waals surface area contributed by atoms with E-state index in [-0.39, 0.29) is 0 Å². The number of benzene rings is 1. The molecule has 0 saturated carbocycles. The van der Waals surface area contributed by atoms with Gasteiger partial charge in [-0.15, -0.1) is 0 Å². The van der Waals surface area contributed by atoms with Gasteiger partial charge in [0.15, 0.2) is 0 Å². The number of nitrogens with zero attached hydrogens (tertiary/aromatic N) is 1. The maximum absolute atomic E-state index is 9.87. The molecule has 2 rings (SSSR count). The largest absolute Gasteiger partial charge is 0.508 e. The van der Waals surface area contributed by atoms with Crippen LogP contribution in [0, 0.1) is 0 Å². The lowest BCUT2D eigenvalue weighted by molar-refractivity contribution is 0.202. The number of phenols is 1. The quantitative estimate of drug-likeness (QED) is 0.894. The van der Waals surface area contributed by atoms with Crippen molar-refractivity contribution in [3.05, 3.63) is 28.2 Å². The third kappa shape index (κ3) is 3.46. The zero-order chi connectivity index (χ0) is 12.3. The monoisotopic (exact) mass is 297 g/mol. The third-order valence-corrected chi connectivity index (χ3v) is 4.10. The molecule has 0 spiro atoms. The minimum atomic E-state index is 0.407. The van der Waals surface area contributed by atoms with Gasteiger partial charge in [0, 0.05) is 22.6 Å². The van der Waals surface area contributed by atoms with Gasteiger partial charge in [-0.3, -0.25) is 4.90 Å². The zero-order valence-electron chi connectivity index (χ0n) is 10.3. The van der Waals surface area contributed by atoms with Crippen LogP contribution in [-0.2, 0) is 6.54 Å². The van der Waals surface area contributed by atoms with Crippen LogP contribution < -0.4 is 0 Å². The van der Waals surface area contributed by atoms with Crippen LogP contribution in [0.25, 0.3) is 0 Å². The van der Waals surface area contributed by atoms with Crippen molar-refractivity contribution in [3.63, 3.8) is 0 Å². The lowest BCUT2D eigenvalue weighted by atomic mass is 10.1. The Morgan fingerprint density at radius 3 is 3.00 bits per heavy atom. The van der Waals surface area contributed by atoms with Gasteiger partial charge in [-0.05, 0) is 44.5 Å². The first-order valence-electron chi connectivity index (χ1n) is 6.38.